The third-order valence-corrected chi connectivity index (χ3v) is 6.37. The van der Waals surface area contributed by atoms with Crippen molar-refractivity contribution in [2.75, 3.05) is 11.1 Å². The number of rotatable bonds is 8. The molecule has 0 aliphatic heterocycles. The van der Waals surface area contributed by atoms with Crippen LogP contribution >= 0.6 is 11.8 Å². The number of para-hydroxylation sites is 2. The second kappa shape index (κ2) is 10.6. The Morgan fingerprint density at radius 3 is 2.29 bits per heavy atom. The zero-order valence-corrected chi connectivity index (χ0v) is 20.6. The first kappa shape index (κ1) is 23.6. The second-order valence-corrected chi connectivity index (χ2v) is 9.18. The summed E-state index contributed by atoms with van der Waals surface area (Å²) in [7, 11) is 0. The molecule has 0 aliphatic carbocycles. The van der Waals surface area contributed by atoms with Crippen molar-refractivity contribution in [3.8, 4) is 11.4 Å². The van der Waals surface area contributed by atoms with Gasteiger partial charge in [-0.25, -0.2) is 0 Å². The molecule has 7 heteroatoms. The van der Waals surface area contributed by atoms with Crippen LogP contribution in [0.5, 0.6) is 5.75 Å². The molecule has 0 saturated carbocycles. The van der Waals surface area contributed by atoms with Crippen LogP contribution < -0.4 is 10.1 Å². The number of amides is 1. The van der Waals surface area contributed by atoms with Crippen molar-refractivity contribution in [3.63, 3.8) is 0 Å². The number of carbonyl (C=O) groups is 1. The Balaban J connectivity index is 1.51. The highest BCUT2D eigenvalue weighted by Crippen LogP contribution is 2.26. The van der Waals surface area contributed by atoms with E-state index in [1.165, 1.54) is 17.3 Å². The number of benzene rings is 3. The lowest BCUT2D eigenvalue weighted by Crippen LogP contribution is -2.16. The molecule has 0 atom stereocenters. The van der Waals surface area contributed by atoms with E-state index >= 15 is 0 Å². The molecule has 4 aromatic rings. The van der Waals surface area contributed by atoms with Gasteiger partial charge in [-0.15, -0.1) is 10.2 Å². The molecule has 0 spiro atoms. The Labute approximate surface area is 204 Å². The topological polar surface area (TPSA) is 69.0 Å². The number of carbonyl (C=O) groups excluding carboxylic acids is 1. The highest BCUT2D eigenvalue weighted by Gasteiger charge is 2.17. The van der Waals surface area contributed by atoms with Gasteiger partial charge in [-0.1, -0.05) is 65.9 Å². The Bertz CT molecular complexity index is 1280. The number of ether oxygens (including phenoxy) is 1. The quantitative estimate of drug-likeness (QED) is 0.328. The lowest BCUT2D eigenvalue weighted by atomic mass is 10.1. The van der Waals surface area contributed by atoms with Crippen LogP contribution in [-0.4, -0.2) is 26.4 Å². The van der Waals surface area contributed by atoms with Crippen LogP contribution in [0.3, 0.4) is 0 Å². The second-order valence-electron chi connectivity index (χ2n) is 8.23. The fourth-order valence-corrected chi connectivity index (χ4v) is 4.64. The summed E-state index contributed by atoms with van der Waals surface area (Å²) in [6, 6.07) is 21.9. The molecule has 1 heterocycles. The van der Waals surface area contributed by atoms with Crippen molar-refractivity contribution in [3.05, 3.63) is 94.8 Å². The minimum atomic E-state index is -0.0830. The molecule has 174 valence electrons. The van der Waals surface area contributed by atoms with E-state index in [0.717, 1.165) is 33.8 Å². The number of hydrogen-bond donors (Lipinski definition) is 1. The van der Waals surface area contributed by atoms with Gasteiger partial charge < -0.3 is 10.1 Å². The van der Waals surface area contributed by atoms with Crippen molar-refractivity contribution in [1.82, 2.24) is 14.8 Å². The molecule has 0 aliphatic rings. The van der Waals surface area contributed by atoms with Crippen molar-refractivity contribution in [2.24, 2.45) is 0 Å². The zero-order chi connectivity index (χ0) is 24.1. The Morgan fingerprint density at radius 2 is 1.59 bits per heavy atom. The van der Waals surface area contributed by atoms with Gasteiger partial charge in [0.1, 0.15) is 12.4 Å². The highest BCUT2D eigenvalue weighted by atomic mass is 32.2. The molecule has 0 fully saturated rings. The molecule has 1 N–H and O–H groups in total. The van der Waals surface area contributed by atoms with E-state index in [1.54, 1.807) is 0 Å². The van der Waals surface area contributed by atoms with Crippen molar-refractivity contribution in [2.45, 2.75) is 39.5 Å². The summed E-state index contributed by atoms with van der Waals surface area (Å²) in [6.45, 7) is 8.35. The van der Waals surface area contributed by atoms with Crippen LogP contribution in [0.2, 0.25) is 0 Å². The standard InChI is InChI=1S/C27H28N4O2S/c1-18-14-20(3)26(21(4)15-18)28-25(32)17-34-27-30-29-24(31(27)22-11-6-5-7-12-22)16-33-23-13-9-8-10-19(23)2/h5-15H,16-17H2,1-4H3,(H,28,32). The maximum absolute atomic E-state index is 12.8. The highest BCUT2D eigenvalue weighted by molar-refractivity contribution is 7.99. The maximum Gasteiger partial charge on any atom is 0.234 e. The van der Waals surface area contributed by atoms with Crippen molar-refractivity contribution < 1.29 is 9.53 Å². The number of aryl methyl sites for hydroxylation is 4. The first-order valence-corrected chi connectivity index (χ1v) is 12.1. The molecule has 6 nitrogen and oxygen atoms in total. The summed E-state index contributed by atoms with van der Waals surface area (Å²) in [5, 5.41) is 12.4. The van der Waals surface area contributed by atoms with Gasteiger partial charge in [-0.3, -0.25) is 9.36 Å². The third-order valence-electron chi connectivity index (χ3n) is 5.44. The lowest BCUT2D eigenvalue weighted by Gasteiger charge is -2.13. The predicted octanol–water partition coefficient (Wildman–Crippen LogP) is 5.81. The SMILES string of the molecule is Cc1cc(C)c(NC(=O)CSc2nnc(COc3ccccc3C)n2-c2ccccc2)c(C)c1. The Morgan fingerprint density at radius 1 is 0.912 bits per heavy atom. The van der Waals surface area contributed by atoms with Gasteiger partial charge >= 0.3 is 0 Å². The summed E-state index contributed by atoms with van der Waals surface area (Å²) >= 11 is 1.35. The molecular weight excluding hydrogens is 444 g/mol. The fraction of sp³-hybridized carbons (Fsp3) is 0.222. The number of nitrogens with one attached hydrogen (secondary N) is 1. The normalized spacial score (nSPS) is 10.8. The number of nitrogens with zero attached hydrogens (tertiary/aromatic N) is 3. The molecule has 0 bridgehead atoms. The summed E-state index contributed by atoms with van der Waals surface area (Å²) in [6.07, 6.45) is 0. The minimum absolute atomic E-state index is 0.0830. The predicted molar refractivity (Wildman–Crippen MR) is 137 cm³/mol. The Hall–Kier alpha value is -3.58. The van der Waals surface area contributed by atoms with Gasteiger partial charge in [0, 0.05) is 11.4 Å². The minimum Gasteiger partial charge on any atom is -0.485 e. The average molecular weight is 473 g/mol. The van der Waals surface area contributed by atoms with E-state index in [9.17, 15) is 4.79 Å². The average Bonchev–Trinajstić information content (AvgIpc) is 3.23. The van der Waals surface area contributed by atoms with E-state index < -0.39 is 0 Å². The maximum atomic E-state index is 12.8. The van der Waals surface area contributed by atoms with Crippen LogP contribution in [0.4, 0.5) is 5.69 Å². The molecule has 3 aromatic carbocycles. The van der Waals surface area contributed by atoms with E-state index in [0.29, 0.717) is 11.0 Å². The van der Waals surface area contributed by atoms with Gasteiger partial charge in [0.25, 0.3) is 0 Å². The van der Waals surface area contributed by atoms with Crippen molar-refractivity contribution in [1.29, 1.82) is 0 Å². The zero-order valence-electron chi connectivity index (χ0n) is 19.8. The number of hydrogen-bond acceptors (Lipinski definition) is 5. The molecule has 4 rings (SSSR count). The number of anilines is 1. The molecular formula is C27H28N4O2S. The molecule has 0 unspecified atom stereocenters. The third kappa shape index (κ3) is 5.48. The molecule has 0 radical (unpaired) electrons. The first-order chi connectivity index (χ1) is 16.4. The summed E-state index contributed by atoms with van der Waals surface area (Å²) in [5.74, 6) is 1.61. The molecule has 34 heavy (non-hydrogen) atoms. The van der Waals surface area contributed by atoms with Crippen LogP contribution in [0.1, 0.15) is 28.1 Å². The number of aromatic nitrogens is 3. The molecule has 0 saturated heterocycles. The van der Waals surface area contributed by atoms with Crippen LogP contribution in [-0.2, 0) is 11.4 Å². The fourth-order valence-electron chi connectivity index (χ4n) is 3.87. The van der Waals surface area contributed by atoms with Gasteiger partial charge in [0.15, 0.2) is 11.0 Å². The lowest BCUT2D eigenvalue weighted by molar-refractivity contribution is -0.113. The van der Waals surface area contributed by atoms with E-state index in [2.05, 4.69) is 34.6 Å². The van der Waals surface area contributed by atoms with Crippen LogP contribution in [0, 0.1) is 27.7 Å². The smallest absolute Gasteiger partial charge is 0.234 e. The first-order valence-electron chi connectivity index (χ1n) is 11.1. The molecule has 1 amide bonds. The van der Waals surface area contributed by atoms with E-state index in [1.807, 2.05) is 79.9 Å². The van der Waals surface area contributed by atoms with Gasteiger partial charge in [-0.2, -0.15) is 0 Å². The summed E-state index contributed by atoms with van der Waals surface area (Å²) in [4.78, 5) is 12.8. The van der Waals surface area contributed by atoms with Gasteiger partial charge in [0.05, 0.1) is 5.75 Å². The summed E-state index contributed by atoms with van der Waals surface area (Å²) < 4.78 is 7.97. The van der Waals surface area contributed by atoms with Crippen LogP contribution in [0.15, 0.2) is 71.9 Å². The van der Waals surface area contributed by atoms with Crippen molar-refractivity contribution >= 4 is 23.4 Å². The van der Waals surface area contributed by atoms with Gasteiger partial charge in [-0.05, 0) is 62.6 Å². The van der Waals surface area contributed by atoms with Crippen LogP contribution in [0.25, 0.3) is 5.69 Å². The van der Waals surface area contributed by atoms with E-state index in [-0.39, 0.29) is 18.3 Å². The van der Waals surface area contributed by atoms with E-state index in [4.69, 9.17) is 4.74 Å². The summed E-state index contributed by atoms with van der Waals surface area (Å²) in [5.41, 5.74) is 6.13. The number of thioether (sulfide) groups is 1. The largest absolute Gasteiger partial charge is 0.485 e. The monoisotopic (exact) mass is 472 g/mol. The van der Waals surface area contributed by atoms with Gasteiger partial charge in [0.2, 0.25) is 5.91 Å². The Kier molecular flexibility index (Phi) is 7.33. The molecule has 1 aromatic heterocycles.